The van der Waals surface area contributed by atoms with Crippen LogP contribution < -0.4 is 10.1 Å². The van der Waals surface area contributed by atoms with Crippen LogP contribution in [-0.2, 0) is 17.2 Å². The monoisotopic (exact) mass is 439 g/mol. The number of halogens is 1. The molecule has 1 aromatic heterocycles. The number of nitrogens with one attached hydrogen (secondary N) is 1. The predicted octanol–water partition coefficient (Wildman–Crippen LogP) is 4.57. The second-order valence-electron chi connectivity index (χ2n) is 7.47. The number of hydrogen-bond donors (Lipinski definition) is 1. The lowest BCUT2D eigenvalue weighted by molar-refractivity contribution is -0.134. The van der Waals surface area contributed by atoms with Crippen LogP contribution >= 0.6 is 0 Å². The van der Waals surface area contributed by atoms with Crippen LogP contribution in [0.3, 0.4) is 0 Å². The summed E-state index contributed by atoms with van der Waals surface area (Å²) in [6.07, 6.45) is 4.57. The Morgan fingerprint density at radius 2 is 2.03 bits per heavy atom. The highest BCUT2D eigenvalue weighted by Crippen LogP contribution is 2.33. The lowest BCUT2D eigenvalue weighted by atomic mass is 10.1. The summed E-state index contributed by atoms with van der Waals surface area (Å²) >= 11 is 4.79. The molecule has 160 valence electrons. The molecule has 0 atom stereocenters. The van der Waals surface area contributed by atoms with Crippen molar-refractivity contribution in [3.8, 4) is 5.75 Å². The number of hydrogen-bond acceptors (Lipinski definition) is 7. The summed E-state index contributed by atoms with van der Waals surface area (Å²) in [7, 11) is 0. The van der Waals surface area contributed by atoms with Gasteiger partial charge < -0.3 is 15.0 Å². The molecule has 1 N–H and O–H groups in total. The number of rotatable bonds is 6. The number of likely N-dealkylation sites (tertiary alicyclic amines) is 1. The number of aryl methyl sites for hydroxylation is 1. The lowest BCUT2D eigenvalue weighted by Gasteiger charge is -2.26. The standard InChI is InChI=1S/C22H22FN5O2S/c1-14-9-16(27-31)11-18-21(14)22(25-13-24-18)26-17-6-5-15(23)10-19(17)30-12-20(29)28-7-3-2-4-8-28/h5-6,9-11,13H,2-4,7-8,12H2,1H3,(H,24,25,26). The van der Waals surface area contributed by atoms with Gasteiger partial charge in [0.25, 0.3) is 5.91 Å². The molecule has 31 heavy (non-hydrogen) atoms. The van der Waals surface area contributed by atoms with Crippen molar-refractivity contribution >= 4 is 46.4 Å². The van der Waals surface area contributed by atoms with Gasteiger partial charge in [-0.05, 0) is 56.0 Å². The summed E-state index contributed by atoms with van der Waals surface area (Å²) in [6.45, 7) is 3.24. The minimum absolute atomic E-state index is 0.0987. The predicted molar refractivity (Wildman–Crippen MR) is 119 cm³/mol. The zero-order chi connectivity index (χ0) is 21.8. The van der Waals surface area contributed by atoms with Gasteiger partial charge in [-0.25, -0.2) is 14.4 Å². The average Bonchev–Trinajstić information content (AvgIpc) is 2.79. The van der Waals surface area contributed by atoms with Gasteiger partial charge in [-0.1, -0.05) is 0 Å². The Balaban J connectivity index is 1.59. The number of benzene rings is 2. The molecule has 0 bridgehead atoms. The van der Waals surface area contributed by atoms with Crippen molar-refractivity contribution in [2.24, 2.45) is 4.36 Å². The fourth-order valence-corrected chi connectivity index (χ4v) is 3.85. The number of fused-ring (bicyclic) bond motifs is 1. The Morgan fingerprint density at radius 1 is 1.23 bits per heavy atom. The van der Waals surface area contributed by atoms with E-state index in [1.165, 1.54) is 18.5 Å². The Kier molecular flexibility index (Phi) is 6.31. The van der Waals surface area contributed by atoms with E-state index in [9.17, 15) is 9.18 Å². The van der Waals surface area contributed by atoms with E-state index in [0.717, 1.165) is 43.3 Å². The number of aromatic nitrogens is 2. The molecule has 0 aliphatic carbocycles. The highest BCUT2D eigenvalue weighted by Gasteiger charge is 2.18. The van der Waals surface area contributed by atoms with Crippen molar-refractivity contribution in [1.29, 1.82) is 0 Å². The second-order valence-corrected chi connectivity index (χ2v) is 7.65. The first kappa shape index (κ1) is 21.0. The minimum Gasteiger partial charge on any atom is -0.481 e. The van der Waals surface area contributed by atoms with E-state index < -0.39 is 5.82 Å². The molecule has 1 aliphatic heterocycles. The second kappa shape index (κ2) is 9.30. The topological polar surface area (TPSA) is 79.7 Å². The van der Waals surface area contributed by atoms with Crippen LogP contribution in [0.2, 0.25) is 0 Å². The Labute approximate surface area is 184 Å². The maximum atomic E-state index is 13.9. The van der Waals surface area contributed by atoms with Crippen LogP contribution in [0.15, 0.2) is 41.0 Å². The molecule has 2 heterocycles. The van der Waals surface area contributed by atoms with E-state index in [4.69, 9.17) is 17.2 Å². The average molecular weight is 440 g/mol. The van der Waals surface area contributed by atoms with Crippen LogP contribution in [-0.4, -0.2) is 40.5 Å². The summed E-state index contributed by atoms with van der Waals surface area (Å²) in [5, 5.41) is 4.00. The number of nitrogens with zero attached hydrogens (tertiary/aromatic N) is 4. The highest BCUT2D eigenvalue weighted by atomic mass is 32.1. The van der Waals surface area contributed by atoms with Crippen LogP contribution in [0.25, 0.3) is 10.9 Å². The number of ether oxygens (including phenoxy) is 1. The van der Waals surface area contributed by atoms with E-state index in [0.29, 0.717) is 22.7 Å². The summed E-state index contributed by atoms with van der Waals surface area (Å²) in [5.41, 5.74) is 2.73. The molecule has 9 heteroatoms. The highest BCUT2D eigenvalue weighted by molar-refractivity contribution is 7.47. The van der Waals surface area contributed by atoms with Gasteiger partial charge in [0.05, 0.1) is 16.9 Å². The summed E-state index contributed by atoms with van der Waals surface area (Å²) in [6, 6.07) is 7.78. The van der Waals surface area contributed by atoms with Gasteiger partial charge in [0.1, 0.15) is 23.7 Å². The molecule has 0 radical (unpaired) electrons. The van der Waals surface area contributed by atoms with Crippen molar-refractivity contribution in [1.82, 2.24) is 14.9 Å². The number of anilines is 2. The molecule has 0 spiro atoms. The fraction of sp³-hybridized carbons (Fsp3) is 0.318. The number of piperidine rings is 1. The van der Waals surface area contributed by atoms with Crippen LogP contribution in [0.5, 0.6) is 5.75 Å². The maximum absolute atomic E-state index is 13.9. The largest absolute Gasteiger partial charge is 0.481 e. The molecule has 2 aromatic carbocycles. The van der Waals surface area contributed by atoms with Gasteiger partial charge in [-0.2, -0.15) is 4.36 Å². The van der Waals surface area contributed by atoms with Gasteiger partial charge in [0, 0.05) is 37.0 Å². The zero-order valence-corrected chi connectivity index (χ0v) is 17.9. The molecular weight excluding hydrogens is 417 g/mol. The molecule has 0 unspecified atom stereocenters. The third-order valence-corrected chi connectivity index (χ3v) is 5.49. The van der Waals surface area contributed by atoms with E-state index in [1.54, 1.807) is 17.0 Å². The summed E-state index contributed by atoms with van der Waals surface area (Å²) in [4.78, 5) is 22.9. The third-order valence-electron chi connectivity index (χ3n) is 5.28. The SMILES string of the molecule is Cc1cc(N=S)cc2ncnc(Nc3ccc(F)cc3OCC(=O)N3CCCCC3)c12. The molecule has 1 amide bonds. The Hall–Kier alpha value is -3.20. The number of amides is 1. The molecule has 0 saturated carbocycles. The van der Waals surface area contributed by atoms with Crippen LogP contribution in [0, 0.1) is 12.7 Å². The van der Waals surface area contributed by atoms with Gasteiger partial charge in [-0.15, -0.1) is 0 Å². The third kappa shape index (κ3) is 4.77. The Bertz CT molecular complexity index is 1130. The summed E-state index contributed by atoms with van der Waals surface area (Å²) in [5.74, 6) is 0.231. The molecule has 1 saturated heterocycles. The van der Waals surface area contributed by atoms with E-state index >= 15 is 0 Å². The zero-order valence-electron chi connectivity index (χ0n) is 17.1. The minimum atomic E-state index is -0.452. The van der Waals surface area contributed by atoms with Crippen molar-refractivity contribution < 1.29 is 13.9 Å². The molecule has 3 aromatic rings. The molecular formula is C22H22FN5O2S. The van der Waals surface area contributed by atoms with E-state index in [1.807, 2.05) is 13.0 Å². The maximum Gasteiger partial charge on any atom is 0.260 e. The normalized spacial score (nSPS) is 13.8. The number of carbonyl (C=O) groups excluding carboxylic acids is 1. The first-order valence-electron chi connectivity index (χ1n) is 10.1. The van der Waals surface area contributed by atoms with Gasteiger partial charge >= 0.3 is 0 Å². The van der Waals surface area contributed by atoms with Crippen molar-refractivity contribution in [3.63, 3.8) is 0 Å². The number of carbonyl (C=O) groups is 1. The molecule has 1 aliphatic rings. The van der Waals surface area contributed by atoms with Crippen molar-refractivity contribution in [3.05, 3.63) is 48.0 Å². The smallest absolute Gasteiger partial charge is 0.260 e. The molecule has 1 fully saturated rings. The quantitative estimate of drug-likeness (QED) is 0.606. The lowest BCUT2D eigenvalue weighted by Crippen LogP contribution is -2.38. The fourth-order valence-electron chi connectivity index (χ4n) is 3.74. The first-order valence-corrected chi connectivity index (χ1v) is 10.5. The van der Waals surface area contributed by atoms with Crippen LogP contribution in [0.4, 0.5) is 21.6 Å². The van der Waals surface area contributed by atoms with E-state index in [-0.39, 0.29) is 18.3 Å². The Morgan fingerprint density at radius 3 is 2.81 bits per heavy atom. The molecule has 4 rings (SSSR count). The van der Waals surface area contributed by atoms with Crippen molar-refractivity contribution in [2.75, 3.05) is 25.0 Å². The van der Waals surface area contributed by atoms with Gasteiger partial charge in [0.2, 0.25) is 0 Å². The van der Waals surface area contributed by atoms with E-state index in [2.05, 4.69) is 19.6 Å². The van der Waals surface area contributed by atoms with Crippen LogP contribution in [0.1, 0.15) is 24.8 Å². The van der Waals surface area contributed by atoms with Crippen molar-refractivity contribution in [2.45, 2.75) is 26.2 Å². The molecule has 7 nitrogen and oxygen atoms in total. The first-order chi connectivity index (χ1) is 15.0. The van der Waals surface area contributed by atoms with Gasteiger partial charge in [-0.3, -0.25) is 4.79 Å². The summed E-state index contributed by atoms with van der Waals surface area (Å²) < 4.78 is 23.4. The van der Waals surface area contributed by atoms with Gasteiger partial charge in [0.15, 0.2) is 6.61 Å².